The van der Waals surface area contributed by atoms with Crippen LogP contribution in [0.1, 0.15) is 27.1 Å². The molecule has 2 amide bonds. The Hall–Kier alpha value is -9.03. The summed E-state index contributed by atoms with van der Waals surface area (Å²) < 4.78 is 0. The van der Waals surface area contributed by atoms with E-state index in [1.807, 2.05) is 9.80 Å². The number of carboxylic acids is 4. The smallest absolute Gasteiger partial charge is 0.328 e. The van der Waals surface area contributed by atoms with Crippen LogP contribution in [0, 0.1) is 10.1 Å². The summed E-state index contributed by atoms with van der Waals surface area (Å²) in [5.74, 6) is -4.80. The van der Waals surface area contributed by atoms with Gasteiger partial charge in [0.1, 0.15) is 24.2 Å². The summed E-state index contributed by atoms with van der Waals surface area (Å²) in [4.78, 5) is 109. The van der Waals surface area contributed by atoms with Crippen LogP contribution in [0.4, 0.5) is 23.3 Å². The standard InChI is InChI=1S/C16H15N5O6.C16H21N5O4.C9H12N4O2.C5H10N2O2/c22-13-10(3-1-4-11(13)21(26)27)14(23)20-8-7-19(9-12(20)15(24)25)16-17-5-2-6-18-16;17-11-4-1-3-10(13(11)22)14(23)21-8-7-20(9-12(21)15(24)25)16-18-5-2-6-19-16;14-8(15)7-6-13(5-4-10-7)9-11-2-1-3-12-9;8-5(9)4-3-6-1-2-7-4/h1-6,12,22H,7-9H2,(H,24,25);1,3-4,12,22H,2,5-9,17H2,(H,18,19)(H,24,25);1-3,7,10H,4-6H2,(H,14,15);4,6-7H,1-3H2,(H,8,9). The van der Waals surface area contributed by atoms with Crippen molar-refractivity contribution in [1.82, 2.24) is 55.9 Å². The molecule has 9 rings (SSSR count). The van der Waals surface area contributed by atoms with Gasteiger partial charge in [-0.15, -0.1) is 0 Å². The van der Waals surface area contributed by atoms with Gasteiger partial charge in [-0.25, -0.2) is 29.5 Å². The number of piperazine rings is 4. The lowest BCUT2D eigenvalue weighted by atomic mass is 10.1. The van der Waals surface area contributed by atoms with Crippen molar-refractivity contribution in [2.24, 2.45) is 4.99 Å². The van der Waals surface area contributed by atoms with Crippen LogP contribution in [0.2, 0.25) is 0 Å². The molecule has 2 aromatic carbocycles. The lowest BCUT2D eigenvalue weighted by Gasteiger charge is -2.41. The van der Waals surface area contributed by atoms with Gasteiger partial charge in [0.2, 0.25) is 17.6 Å². The van der Waals surface area contributed by atoms with Crippen molar-refractivity contribution >= 4 is 64.9 Å². The average molecular weight is 1060 g/mol. The van der Waals surface area contributed by atoms with Gasteiger partial charge in [-0.2, -0.15) is 0 Å². The molecule has 0 radical (unpaired) electrons. The predicted octanol–water partition coefficient (Wildman–Crippen LogP) is -1.99. The largest absolute Gasteiger partial charge is 0.505 e. The molecule has 0 spiro atoms. The van der Waals surface area contributed by atoms with Crippen LogP contribution in [0.3, 0.4) is 0 Å². The minimum absolute atomic E-state index is 0.00725. The molecule has 30 nitrogen and oxygen atoms in total. The highest BCUT2D eigenvalue weighted by molar-refractivity contribution is 6.01. The number of carbonyl (C=O) groups excluding carboxylic acids is 2. The summed E-state index contributed by atoms with van der Waals surface area (Å²) in [6.07, 6.45) is 7.30. The van der Waals surface area contributed by atoms with E-state index < -0.39 is 76.2 Å². The minimum atomic E-state index is -1.24. The van der Waals surface area contributed by atoms with Crippen LogP contribution in [-0.2, 0) is 19.2 Å². The molecule has 406 valence electrons. The number of aliphatic imine (C=N–C) groups is 1. The second-order valence-electron chi connectivity index (χ2n) is 17.2. The Morgan fingerprint density at radius 1 is 0.605 bits per heavy atom. The van der Waals surface area contributed by atoms with Crippen LogP contribution in [0.5, 0.6) is 11.5 Å². The Labute approximate surface area is 433 Å². The highest BCUT2D eigenvalue weighted by atomic mass is 16.6. The number of amides is 2. The number of nitrogen functional groups attached to an aromatic ring is 1. The van der Waals surface area contributed by atoms with Gasteiger partial charge in [-0.05, 0) is 36.8 Å². The number of aromatic hydroxyl groups is 2. The number of aromatic nitrogens is 4. The van der Waals surface area contributed by atoms with Gasteiger partial charge in [0.05, 0.1) is 34.8 Å². The topological polar surface area (TPSA) is 421 Å². The van der Waals surface area contributed by atoms with Gasteiger partial charge in [0.15, 0.2) is 11.7 Å². The number of guanidine groups is 1. The number of benzene rings is 2. The van der Waals surface area contributed by atoms with Gasteiger partial charge in [0, 0.05) is 109 Å². The van der Waals surface area contributed by atoms with Crippen molar-refractivity contribution in [2.45, 2.75) is 30.6 Å². The summed E-state index contributed by atoms with van der Waals surface area (Å²) >= 11 is 0. The first-order valence-electron chi connectivity index (χ1n) is 23.8. The Balaban J connectivity index is 0.000000176. The maximum absolute atomic E-state index is 12.8. The van der Waals surface area contributed by atoms with Gasteiger partial charge in [-0.3, -0.25) is 34.3 Å². The van der Waals surface area contributed by atoms with E-state index in [1.165, 1.54) is 41.6 Å². The first-order valence-corrected chi connectivity index (χ1v) is 23.8. The summed E-state index contributed by atoms with van der Waals surface area (Å²) in [5, 5.41) is 79.4. The third-order valence-electron chi connectivity index (χ3n) is 12.3. The van der Waals surface area contributed by atoms with E-state index in [9.17, 15) is 59.3 Å². The number of nitro benzene ring substituents is 1. The van der Waals surface area contributed by atoms with Crippen LogP contribution >= 0.6 is 0 Å². The SMILES string of the molecule is Nc1cccc(C(=O)N2CCN(C3=NCCCN3)CC2C(=O)O)c1O.O=C(O)C1CN(c2ncccn2)CCN1.O=C(O)C1CN(c2ncccn2)CCN1C(=O)c1cccc([N+](=O)[O-])c1O.O=C(O)C1CNCCN1. The first-order chi connectivity index (χ1) is 36.5. The highest BCUT2D eigenvalue weighted by Crippen LogP contribution is 2.31. The Kier molecular flexibility index (Phi) is 19.8. The number of hydrogen-bond acceptors (Lipinski definition) is 23. The molecule has 0 bridgehead atoms. The van der Waals surface area contributed by atoms with Crippen molar-refractivity contribution in [1.29, 1.82) is 0 Å². The normalized spacial score (nSPS) is 20.3. The molecule has 5 aliphatic rings. The molecular formula is C46H58N16O14. The molecule has 12 N–H and O–H groups in total. The predicted molar refractivity (Wildman–Crippen MR) is 269 cm³/mol. The van der Waals surface area contributed by atoms with E-state index in [2.05, 4.69) is 46.2 Å². The molecule has 5 aliphatic heterocycles. The number of hydrogen-bond donors (Lipinski definition) is 11. The minimum Gasteiger partial charge on any atom is -0.505 e. The molecule has 4 unspecified atom stereocenters. The molecule has 4 fully saturated rings. The Morgan fingerprint density at radius 3 is 1.63 bits per heavy atom. The molecule has 76 heavy (non-hydrogen) atoms. The summed E-state index contributed by atoms with van der Waals surface area (Å²) in [5.41, 5.74) is 4.78. The van der Waals surface area contributed by atoms with E-state index in [0.717, 1.165) is 43.6 Å². The molecule has 0 saturated carbocycles. The molecule has 2 aromatic heterocycles. The number of carboxylic acid groups (broad SMARTS) is 4. The van der Waals surface area contributed by atoms with E-state index in [-0.39, 0.29) is 55.3 Å². The van der Waals surface area contributed by atoms with Crippen LogP contribution in [0.25, 0.3) is 0 Å². The number of nitrogens with zero attached hydrogens (tertiary/aromatic N) is 11. The van der Waals surface area contributed by atoms with Crippen molar-refractivity contribution < 1.29 is 64.3 Å². The second kappa shape index (κ2) is 26.8. The summed E-state index contributed by atoms with van der Waals surface area (Å²) in [6.45, 7) is 6.47. The number of phenolic OH excluding ortho intramolecular Hbond substituents is 2. The number of nitro groups is 1. The van der Waals surface area contributed by atoms with Crippen molar-refractivity contribution in [3.05, 3.63) is 94.6 Å². The zero-order chi connectivity index (χ0) is 54.9. The number of nitrogens with one attached hydrogen (secondary N) is 4. The molecule has 4 atom stereocenters. The zero-order valence-corrected chi connectivity index (χ0v) is 40.8. The van der Waals surface area contributed by atoms with E-state index in [4.69, 9.17) is 15.9 Å². The number of carbonyl (C=O) groups is 6. The fourth-order valence-electron chi connectivity index (χ4n) is 8.31. The second-order valence-corrected chi connectivity index (χ2v) is 17.2. The lowest BCUT2D eigenvalue weighted by Crippen LogP contribution is -2.61. The van der Waals surface area contributed by atoms with E-state index in [1.54, 1.807) is 35.5 Å². The molecule has 4 saturated heterocycles. The van der Waals surface area contributed by atoms with Crippen molar-refractivity contribution in [3.63, 3.8) is 0 Å². The number of rotatable bonds is 9. The summed E-state index contributed by atoms with van der Waals surface area (Å²) in [7, 11) is 0. The third kappa shape index (κ3) is 14.6. The quantitative estimate of drug-likeness (QED) is 0.0374. The average Bonchev–Trinajstić information content (AvgIpc) is 3.44. The molecule has 0 aliphatic carbocycles. The molecule has 30 heteroatoms. The van der Waals surface area contributed by atoms with Gasteiger partial charge in [-0.1, -0.05) is 12.1 Å². The Morgan fingerprint density at radius 2 is 1.13 bits per heavy atom. The van der Waals surface area contributed by atoms with Gasteiger partial charge >= 0.3 is 29.6 Å². The molecule has 4 aromatic rings. The third-order valence-corrected chi connectivity index (χ3v) is 12.3. The fraction of sp³-hybridized carbons (Fsp3) is 0.413. The monoisotopic (exact) mass is 1060 g/mol. The van der Waals surface area contributed by atoms with E-state index >= 15 is 0 Å². The van der Waals surface area contributed by atoms with Crippen LogP contribution < -0.4 is 36.8 Å². The maximum Gasteiger partial charge on any atom is 0.328 e. The number of nitrogens with two attached hydrogens (primary N) is 1. The van der Waals surface area contributed by atoms with Gasteiger partial charge < -0.3 is 82.1 Å². The zero-order valence-electron chi connectivity index (χ0n) is 40.8. The van der Waals surface area contributed by atoms with Gasteiger partial charge in [0.25, 0.3) is 11.8 Å². The number of phenols is 2. The van der Waals surface area contributed by atoms with Crippen molar-refractivity contribution in [2.75, 3.05) is 107 Å². The number of anilines is 3. The maximum atomic E-state index is 12.8. The Bertz CT molecular complexity index is 2720. The number of aliphatic carboxylic acids is 4. The lowest BCUT2D eigenvalue weighted by molar-refractivity contribution is -0.385. The number of para-hydroxylation sites is 2. The molecule has 7 heterocycles. The first kappa shape index (κ1) is 56.3. The van der Waals surface area contributed by atoms with Crippen LogP contribution in [0.15, 0.2) is 78.3 Å². The van der Waals surface area contributed by atoms with E-state index in [0.29, 0.717) is 50.6 Å². The fourth-order valence-corrected chi connectivity index (χ4v) is 8.31. The highest BCUT2D eigenvalue weighted by Gasteiger charge is 2.40. The summed E-state index contributed by atoms with van der Waals surface area (Å²) in [6, 6.07) is 8.18. The van der Waals surface area contributed by atoms with Crippen molar-refractivity contribution in [3.8, 4) is 11.5 Å². The van der Waals surface area contributed by atoms with Crippen LogP contribution in [-0.4, -0.2) is 228 Å². The molecular weight excluding hydrogens is 1000 g/mol.